The van der Waals surface area contributed by atoms with Crippen LogP contribution in [0.15, 0.2) is 46.1 Å². The number of benzene rings is 1. The zero-order valence-electron chi connectivity index (χ0n) is 15.5. The molecule has 5 rings (SSSR count). The molecule has 4 nitrogen and oxygen atoms in total. The standard InChI is InChI=1S/C21H25BrN4/c1-15-3-4-19-18(11-15)23-14-17-13-21(22,25-9-7-24(2)8-10-25)12-16-5-6-26(19)20(16)17/h3-4,11,13-14H,5-10,12H2,1-2H3. The van der Waals surface area contributed by atoms with E-state index < -0.39 is 0 Å². The van der Waals surface area contributed by atoms with Crippen LogP contribution < -0.4 is 4.90 Å². The molecule has 1 unspecified atom stereocenters. The van der Waals surface area contributed by atoms with Gasteiger partial charge in [-0.2, -0.15) is 0 Å². The topological polar surface area (TPSA) is 22.1 Å². The molecule has 0 aromatic heterocycles. The summed E-state index contributed by atoms with van der Waals surface area (Å²) < 4.78 is -0.0725. The van der Waals surface area contributed by atoms with E-state index in [0.717, 1.165) is 51.3 Å². The van der Waals surface area contributed by atoms with Gasteiger partial charge in [-0.05, 0) is 49.7 Å². The summed E-state index contributed by atoms with van der Waals surface area (Å²) in [7, 11) is 2.21. The van der Waals surface area contributed by atoms with Gasteiger partial charge in [0.15, 0.2) is 0 Å². The molecule has 1 atom stereocenters. The molecule has 1 fully saturated rings. The first-order chi connectivity index (χ1) is 12.5. The molecular formula is C21H25BrN4. The molecule has 136 valence electrons. The molecule has 1 aromatic carbocycles. The first kappa shape index (κ1) is 16.7. The van der Waals surface area contributed by atoms with Crippen molar-refractivity contribution in [1.82, 2.24) is 9.80 Å². The minimum Gasteiger partial charge on any atom is -0.339 e. The SMILES string of the molecule is Cc1ccc2c(c1)N=CC1=CC(Br)(N3CCN(C)CC3)CC3=C1N2CC3. The number of nitrogens with zero attached hydrogens (tertiary/aromatic N) is 4. The van der Waals surface area contributed by atoms with Crippen LogP contribution in [0.2, 0.25) is 0 Å². The van der Waals surface area contributed by atoms with Crippen molar-refractivity contribution in [3.05, 3.63) is 46.7 Å². The van der Waals surface area contributed by atoms with E-state index in [1.807, 2.05) is 0 Å². The molecule has 0 spiro atoms. The van der Waals surface area contributed by atoms with E-state index in [2.05, 4.69) is 75.1 Å². The van der Waals surface area contributed by atoms with Crippen molar-refractivity contribution in [3.63, 3.8) is 0 Å². The van der Waals surface area contributed by atoms with Crippen LogP contribution in [0.4, 0.5) is 11.4 Å². The quantitative estimate of drug-likeness (QED) is 0.516. The highest BCUT2D eigenvalue weighted by molar-refractivity contribution is 9.10. The number of likely N-dealkylation sites (N-methyl/N-ethyl adjacent to an activating group) is 1. The average molecular weight is 413 g/mol. The zero-order chi connectivity index (χ0) is 17.9. The van der Waals surface area contributed by atoms with Crippen molar-refractivity contribution < 1.29 is 0 Å². The Kier molecular flexibility index (Phi) is 3.89. The van der Waals surface area contributed by atoms with Gasteiger partial charge in [-0.25, -0.2) is 0 Å². The van der Waals surface area contributed by atoms with Crippen LogP contribution in [0.25, 0.3) is 0 Å². The number of aryl methyl sites for hydroxylation is 1. The second-order valence-corrected chi connectivity index (χ2v) is 9.36. The number of hydrogen-bond donors (Lipinski definition) is 0. The summed E-state index contributed by atoms with van der Waals surface area (Å²) in [6.45, 7) is 7.68. The van der Waals surface area contributed by atoms with E-state index in [1.165, 1.54) is 22.5 Å². The van der Waals surface area contributed by atoms with Crippen LogP contribution in [0.5, 0.6) is 0 Å². The number of rotatable bonds is 1. The highest BCUT2D eigenvalue weighted by Crippen LogP contribution is 2.48. The molecule has 0 amide bonds. The molecule has 1 aliphatic carbocycles. The molecule has 5 heteroatoms. The first-order valence-electron chi connectivity index (χ1n) is 9.53. The van der Waals surface area contributed by atoms with E-state index in [1.54, 1.807) is 5.57 Å². The largest absolute Gasteiger partial charge is 0.339 e. The van der Waals surface area contributed by atoms with Crippen molar-refractivity contribution in [1.29, 1.82) is 0 Å². The van der Waals surface area contributed by atoms with Gasteiger partial charge < -0.3 is 9.80 Å². The number of halogens is 1. The first-order valence-corrected chi connectivity index (χ1v) is 10.3. The second-order valence-electron chi connectivity index (χ2n) is 7.99. The second kappa shape index (κ2) is 6.04. The molecule has 3 heterocycles. The Hall–Kier alpha value is -1.43. The Morgan fingerprint density at radius 3 is 2.73 bits per heavy atom. The van der Waals surface area contributed by atoms with Crippen molar-refractivity contribution in [3.8, 4) is 0 Å². The Morgan fingerprint density at radius 2 is 1.92 bits per heavy atom. The number of anilines is 1. The van der Waals surface area contributed by atoms with Crippen molar-refractivity contribution >= 4 is 33.5 Å². The Labute approximate surface area is 164 Å². The number of aliphatic imine (C=N–C) groups is 1. The number of hydrogen-bond acceptors (Lipinski definition) is 4. The van der Waals surface area contributed by atoms with Crippen molar-refractivity contribution in [2.75, 3.05) is 44.7 Å². The maximum atomic E-state index is 4.86. The predicted octanol–water partition coefficient (Wildman–Crippen LogP) is 3.84. The lowest BCUT2D eigenvalue weighted by molar-refractivity contribution is 0.117. The molecule has 0 N–H and O–H groups in total. The van der Waals surface area contributed by atoms with E-state index in [4.69, 9.17) is 4.99 Å². The minimum absolute atomic E-state index is 0.0725. The Bertz CT molecular complexity index is 848. The summed E-state index contributed by atoms with van der Waals surface area (Å²) in [5, 5.41) is 0. The fourth-order valence-corrected chi connectivity index (χ4v) is 5.62. The van der Waals surface area contributed by atoms with Gasteiger partial charge in [0.1, 0.15) is 4.45 Å². The molecule has 0 radical (unpaired) electrons. The fraction of sp³-hybridized carbons (Fsp3) is 0.476. The number of alkyl halides is 1. The number of allylic oxidation sites excluding steroid dienone is 1. The highest BCUT2D eigenvalue weighted by atomic mass is 79.9. The molecule has 4 aliphatic rings. The van der Waals surface area contributed by atoms with Gasteiger partial charge in [0.25, 0.3) is 0 Å². The van der Waals surface area contributed by atoms with Gasteiger partial charge in [0.2, 0.25) is 0 Å². The van der Waals surface area contributed by atoms with Crippen LogP contribution >= 0.6 is 15.9 Å². The lowest BCUT2D eigenvalue weighted by atomic mass is 9.91. The van der Waals surface area contributed by atoms with Gasteiger partial charge in [0.05, 0.1) is 11.4 Å². The summed E-state index contributed by atoms with van der Waals surface area (Å²) in [5.41, 5.74) is 7.85. The maximum Gasteiger partial charge on any atom is 0.100 e. The normalized spacial score (nSPS) is 28.7. The van der Waals surface area contributed by atoms with E-state index in [9.17, 15) is 0 Å². The van der Waals surface area contributed by atoms with Crippen LogP contribution in [0.3, 0.4) is 0 Å². The minimum atomic E-state index is -0.0725. The summed E-state index contributed by atoms with van der Waals surface area (Å²) in [6.07, 6.45) is 6.72. The van der Waals surface area contributed by atoms with Crippen molar-refractivity contribution in [2.45, 2.75) is 24.2 Å². The molecule has 1 aromatic rings. The highest BCUT2D eigenvalue weighted by Gasteiger charge is 2.42. The van der Waals surface area contributed by atoms with E-state index in [-0.39, 0.29) is 4.45 Å². The fourth-order valence-electron chi connectivity index (χ4n) is 4.68. The molecule has 3 aliphatic heterocycles. The molecule has 1 saturated heterocycles. The zero-order valence-corrected chi connectivity index (χ0v) is 17.1. The maximum absolute atomic E-state index is 4.86. The molecule has 0 saturated carbocycles. The third kappa shape index (κ3) is 2.60. The van der Waals surface area contributed by atoms with E-state index >= 15 is 0 Å². The third-order valence-electron chi connectivity index (χ3n) is 6.15. The smallest absolute Gasteiger partial charge is 0.100 e. The summed E-state index contributed by atoms with van der Waals surface area (Å²) in [4.78, 5) is 12.4. The van der Waals surface area contributed by atoms with Gasteiger partial charge >= 0.3 is 0 Å². The number of piperazine rings is 1. The monoisotopic (exact) mass is 412 g/mol. The van der Waals surface area contributed by atoms with Crippen LogP contribution in [-0.4, -0.2) is 60.2 Å². The Balaban J connectivity index is 1.55. The molecular weight excluding hydrogens is 388 g/mol. The van der Waals surface area contributed by atoms with Crippen LogP contribution in [0, 0.1) is 6.92 Å². The Morgan fingerprint density at radius 1 is 1.12 bits per heavy atom. The summed E-state index contributed by atoms with van der Waals surface area (Å²) in [6, 6.07) is 6.63. The number of fused-ring (bicyclic) bond motifs is 2. The van der Waals surface area contributed by atoms with Crippen molar-refractivity contribution in [2.24, 2.45) is 4.99 Å². The van der Waals surface area contributed by atoms with Gasteiger partial charge in [-0.3, -0.25) is 9.89 Å². The van der Waals surface area contributed by atoms with Crippen LogP contribution in [0.1, 0.15) is 18.4 Å². The van der Waals surface area contributed by atoms with Crippen LogP contribution in [-0.2, 0) is 0 Å². The average Bonchev–Trinajstić information content (AvgIpc) is 2.96. The molecule has 26 heavy (non-hydrogen) atoms. The lowest BCUT2D eigenvalue weighted by Crippen LogP contribution is -2.53. The van der Waals surface area contributed by atoms with Gasteiger partial charge in [-0.1, -0.05) is 22.0 Å². The van der Waals surface area contributed by atoms with E-state index in [0.29, 0.717) is 0 Å². The molecule has 0 bridgehead atoms. The van der Waals surface area contributed by atoms with Gasteiger partial charge in [-0.15, -0.1) is 0 Å². The summed E-state index contributed by atoms with van der Waals surface area (Å²) >= 11 is 4.13. The summed E-state index contributed by atoms with van der Waals surface area (Å²) in [5.74, 6) is 0. The third-order valence-corrected chi connectivity index (χ3v) is 7.16. The lowest BCUT2D eigenvalue weighted by Gasteiger charge is -2.44. The predicted molar refractivity (Wildman–Crippen MR) is 112 cm³/mol. The van der Waals surface area contributed by atoms with Gasteiger partial charge in [0, 0.05) is 56.6 Å².